The molecule has 0 unspecified atom stereocenters. The molecule has 6 atom stereocenters. The zero-order chi connectivity index (χ0) is 21.9. The third kappa shape index (κ3) is 5.14. The fourth-order valence-corrected chi connectivity index (χ4v) is 6.97. The molecule has 2 aliphatic heterocycles. The van der Waals surface area contributed by atoms with Crippen molar-refractivity contribution in [3.8, 4) is 0 Å². The van der Waals surface area contributed by atoms with Crippen LogP contribution in [-0.2, 0) is 14.3 Å². The Morgan fingerprint density at radius 2 is 1.81 bits per heavy atom. The molecule has 0 aromatic heterocycles. The van der Waals surface area contributed by atoms with Crippen LogP contribution in [0.4, 0.5) is 0 Å². The molecule has 4 rings (SSSR count). The van der Waals surface area contributed by atoms with Gasteiger partial charge in [0.15, 0.2) is 0 Å². The Labute approximate surface area is 190 Å². The molecule has 5 nitrogen and oxygen atoms in total. The fraction of sp³-hybridized carbons (Fsp3) is 0.962. The van der Waals surface area contributed by atoms with Crippen LogP contribution in [0.25, 0.3) is 0 Å². The Morgan fingerprint density at radius 1 is 1.10 bits per heavy atom. The minimum atomic E-state index is 0.0311. The highest BCUT2D eigenvalue weighted by Crippen LogP contribution is 2.62. The lowest BCUT2D eigenvalue weighted by Gasteiger charge is -2.51. The third-order valence-corrected chi connectivity index (χ3v) is 8.93. The van der Waals surface area contributed by atoms with Gasteiger partial charge < -0.3 is 19.7 Å². The summed E-state index contributed by atoms with van der Waals surface area (Å²) in [5.74, 6) is 1.06. The van der Waals surface area contributed by atoms with Crippen molar-refractivity contribution in [2.75, 3.05) is 39.3 Å². The highest BCUT2D eigenvalue weighted by Gasteiger charge is 2.64. The van der Waals surface area contributed by atoms with E-state index in [0.29, 0.717) is 17.3 Å². The van der Waals surface area contributed by atoms with E-state index in [0.717, 1.165) is 45.5 Å². The first-order valence-corrected chi connectivity index (χ1v) is 13.3. The van der Waals surface area contributed by atoms with Gasteiger partial charge in [-0.2, -0.15) is 0 Å². The van der Waals surface area contributed by atoms with Crippen molar-refractivity contribution >= 4 is 5.97 Å². The van der Waals surface area contributed by atoms with Gasteiger partial charge in [0.1, 0.15) is 6.10 Å². The number of rotatable bonds is 12. The Hall–Kier alpha value is -0.650. The first kappa shape index (κ1) is 23.5. The first-order valence-electron chi connectivity index (χ1n) is 13.3. The molecule has 0 amide bonds. The molecule has 1 spiro atoms. The molecule has 5 heteroatoms. The molecule has 2 saturated heterocycles. The lowest BCUT2D eigenvalue weighted by molar-refractivity contribution is -0.147. The van der Waals surface area contributed by atoms with Gasteiger partial charge in [-0.3, -0.25) is 4.79 Å². The van der Waals surface area contributed by atoms with E-state index in [1.54, 1.807) is 0 Å². The Bertz CT molecular complexity index is 599. The lowest BCUT2D eigenvalue weighted by Crippen LogP contribution is -2.51. The molecule has 0 aromatic carbocycles. The number of hydrogen-bond donors (Lipinski definition) is 1. The molecule has 1 N–H and O–H groups in total. The monoisotopic (exact) mass is 434 g/mol. The summed E-state index contributed by atoms with van der Waals surface area (Å²) in [6.45, 7) is 13.3. The second kappa shape index (κ2) is 10.1. The topological polar surface area (TPSA) is 54.1 Å². The number of carbonyl (C=O) groups excluding carboxylic acids is 1. The summed E-state index contributed by atoms with van der Waals surface area (Å²) in [4.78, 5) is 15.4. The number of hydrogen-bond acceptors (Lipinski definition) is 5. The predicted octanol–water partition coefficient (Wildman–Crippen LogP) is 4.40. The van der Waals surface area contributed by atoms with E-state index in [1.165, 1.54) is 58.0 Å². The number of esters is 1. The Kier molecular flexibility index (Phi) is 7.65. The summed E-state index contributed by atoms with van der Waals surface area (Å²) in [5.41, 5.74) is 0.432. The number of carbonyl (C=O) groups is 1. The van der Waals surface area contributed by atoms with Crippen LogP contribution in [0, 0.1) is 23.2 Å². The van der Waals surface area contributed by atoms with E-state index in [9.17, 15) is 4.79 Å². The van der Waals surface area contributed by atoms with Crippen LogP contribution < -0.4 is 5.32 Å². The molecule has 178 valence electrons. The molecule has 31 heavy (non-hydrogen) atoms. The molecule has 4 fully saturated rings. The summed E-state index contributed by atoms with van der Waals surface area (Å²) in [6, 6.07) is 0. The average molecular weight is 435 g/mol. The quantitative estimate of drug-likeness (QED) is 0.280. The number of nitrogens with one attached hydrogen (secondary N) is 1. The van der Waals surface area contributed by atoms with E-state index in [1.807, 2.05) is 0 Å². The molecule has 4 aliphatic rings. The summed E-state index contributed by atoms with van der Waals surface area (Å²) >= 11 is 0. The number of unbranched alkanes of at least 4 members (excludes halogenated alkanes) is 2. The van der Waals surface area contributed by atoms with Crippen molar-refractivity contribution in [1.82, 2.24) is 10.2 Å². The summed E-state index contributed by atoms with van der Waals surface area (Å²) in [7, 11) is 0. The number of epoxide rings is 1. The molecular weight excluding hydrogens is 388 g/mol. The van der Waals surface area contributed by atoms with E-state index in [2.05, 4.69) is 31.0 Å². The molecule has 0 radical (unpaired) electrons. The van der Waals surface area contributed by atoms with Gasteiger partial charge in [0, 0.05) is 12.5 Å². The van der Waals surface area contributed by atoms with Gasteiger partial charge in [-0.05, 0) is 88.9 Å². The summed E-state index contributed by atoms with van der Waals surface area (Å²) in [6.07, 6.45) is 12.3. The maximum Gasteiger partial charge on any atom is 0.310 e. The molecule has 2 aliphatic carbocycles. The largest absolute Gasteiger partial charge is 0.462 e. The van der Waals surface area contributed by atoms with E-state index in [4.69, 9.17) is 9.47 Å². The van der Waals surface area contributed by atoms with E-state index in [-0.39, 0.29) is 23.6 Å². The number of nitrogens with zero attached hydrogens (tertiary/aromatic N) is 1. The summed E-state index contributed by atoms with van der Waals surface area (Å²) < 4.78 is 12.0. The minimum absolute atomic E-state index is 0.0311. The van der Waals surface area contributed by atoms with Gasteiger partial charge in [0.2, 0.25) is 0 Å². The third-order valence-electron chi connectivity index (χ3n) is 8.93. The molecule has 0 aromatic rings. The van der Waals surface area contributed by atoms with Crippen molar-refractivity contribution in [2.24, 2.45) is 23.2 Å². The average Bonchev–Trinajstić information content (AvgIpc) is 3.45. The highest BCUT2D eigenvalue weighted by molar-refractivity contribution is 5.75. The van der Waals surface area contributed by atoms with Gasteiger partial charge in [0.25, 0.3) is 0 Å². The Morgan fingerprint density at radius 3 is 2.48 bits per heavy atom. The standard InChI is InChI=1S/C26H46N2O3/c1-4-6-13-28(14-7-5-2)15-9-12-27-18-21-20-16-23-25(3,17-22(20)31-24(21)29)10-8-11-26(23)19-30-26/h20-23,27H,4-19H2,1-3H3/t20-,21-,22+,23+,25-,26-/m0/s1. The zero-order valence-electron chi connectivity index (χ0n) is 20.3. The van der Waals surface area contributed by atoms with Crippen LogP contribution in [0.3, 0.4) is 0 Å². The maximum absolute atomic E-state index is 12.7. The van der Waals surface area contributed by atoms with Gasteiger partial charge in [0.05, 0.1) is 18.1 Å². The highest BCUT2D eigenvalue weighted by atomic mass is 16.6. The van der Waals surface area contributed by atoms with Crippen LogP contribution in [0.15, 0.2) is 0 Å². The van der Waals surface area contributed by atoms with Crippen LogP contribution >= 0.6 is 0 Å². The van der Waals surface area contributed by atoms with Gasteiger partial charge >= 0.3 is 5.97 Å². The van der Waals surface area contributed by atoms with Crippen LogP contribution in [-0.4, -0.2) is 61.9 Å². The zero-order valence-corrected chi connectivity index (χ0v) is 20.3. The number of ether oxygens (including phenoxy) is 2. The molecule has 2 heterocycles. The van der Waals surface area contributed by atoms with E-state index < -0.39 is 0 Å². The van der Waals surface area contributed by atoms with Crippen molar-refractivity contribution in [3.63, 3.8) is 0 Å². The van der Waals surface area contributed by atoms with E-state index >= 15 is 0 Å². The molecule has 0 bridgehead atoms. The predicted molar refractivity (Wildman–Crippen MR) is 124 cm³/mol. The van der Waals surface area contributed by atoms with Crippen LogP contribution in [0.2, 0.25) is 0 Å². The van der Waals surface area contributed by atoms with Crippen molar-refractivity contribution < 1.29 is 14.3 Å². The maximum atomic E-state index is 12.7. The van der Waals surface area contributed by atoms with Gasteiger partial charge in [-0.1, -0.05) is 33.6 Å². The normalized spacial score (nSPS) is 38.9. The van der Waals surface area contributed by atoms with Crippen LogP contribution in [0.1, 0.15) is 85.0 Å². The van der Waals surface area contributed by atoms with Gasteiger partial charge in [-0.15, -0.1) is 0 Å². The molecule has 2 saturated carbocycles. The van der Waals surface area contributed by atoms with Crippen molar-refractivity contribution in [2.45, 2.75) is 96.7 Å². The lowest BCUT2D eigenvalue weighted by atomic mass is 9.53. The summed E-state index contributed by atoms with van der Waals surface area (Å²) in [5, 5.41) is 3.62. The molecular formula is C26H46N2O3. The number of fused-ring (bicyclic) bond motifs is 3. The van der Waals surface area contributed by atoms with Crippen molar-refractivity contribution in [1.29, 1.82) is 0 Å². The van der Waals surface area contributed by atoms with Crippen molar-refractivity contribution in [3.05, 3.63) is 0 Å². The second-order valence-corrected chi connectivity index (χ2v) is 11.2. The SMILES string of the molecule is CCCCN(CCCC)CCCNC[C@@H]1C(=O)O[C@@H]2C[C@]3(C)CCC[C@]4(CO4)[C@@H]3C[C@@H]12. The first-order chi connectivity index (χ1) is 15.0. The van der Waals surface area contributed by atoms with Gasteiger partial charge in [-0.25, -0.2) is 0 Å². The second-order valence-electron chi connectivity index (χ2n) is 11.2. The van der Waals surface area contributed by atoms with Crippen LogP contribution in [0.5, 0.6) is 0 Å². The fourth-order valence-electron chi connectivity index (χ4n) is 6.97. The smallest absolute Gasteiger partial charge is 0.310 e. The Balaban J connectivity index is 1.24. The minimum Gasteiger partial charge on any atom is -0.462 e.